The minimum Gasteiger partial charge on any atom is -0.482 e. The van der Waals surface area contributed by atoms with Gasteiger partial charge in [0.2, 0.25) is 0 Å². The maximum atomic E-state index is 10.6. The van der Waals surface area contributed by atoms with Gasteiger partial charge in [-0.15, -0.1) is 0 Å². The monoisotopic (exact) mass is 406 g/mol. The van der Waals surface area contributed by atoms with Gasteiger partial charge >= 0.3 is 5.97 Å². The van der Waals surface area contributed by atoms with E-state index in [-0.39, 0.29) is 13.2 Å². The highest BCUT2D eigenvalue weighted by Crippen LogP contribution is 2.31. The molecule has 0 aliphatic heterocycles. The number of hydrogen-bond acceptors (Lipinski definition) is 4. The Morgan fingerprint density at radius 1 is 0.900 bits per heavy atom. The first-order chi connectivity index (χ1) is 14.5. The van der Waals surface area contributed by atoms with E-state index < -0.39 is 11.4 Å². The molecule has 30 heavy (non-hydrogen) atoms. The number of aliphatic carboxylic acids is 1. The van der Waals surface area contributed by atoms with Gasteiger partial charge in [0.1, 0.15) is 17.2 Å². The van der Waals surface area contributed by atoms with Crippen molar-refractivity contribution in [2.24, 2.45) is 0 Å². The van der Waals surface area contributed by atoms with Gasteiger partial charge in [-0.25, -0.2) is 4.79 Å². The van der Waals surface area contributed by atoms with Crippen molar-refractivity contribution in [2.45, 2.75) is 25.2 Å². The smallest absolute Gasteiger partial charge is 0.341 e. The molecule has 5 heteroatoms. The lowest BCUT2D eigenvalue weighted by molar-refractivity contribution is -0.139. The summed E-state index contributed by atoms with van der Waals surface area (Å²) in [5.74, 6) is 1.05. The maximum Gasteiger partial charge on any atom is 0.341 e. The standard InChI is InChI=1S/C25H26O5/c1-25(18-26,20-10-12-21(13-11-20)29-17-24(27)28)15-14-19-6-5-9-23(16-19)30-22-7-3-2-4-8-22/h2-13,16,26H,14-15,17-18H2,1H3,(H,27,28). The van der Waals surface area contributed by atoms with Crippen molar-refractivity contribution >= 4 is 5.97 Å². The summed E-state index contributed by atoms with van der Waals surface area (Å²) in [6.07, 6.45) is 1.52. The molecule has 0 bridgehead atoms. The summed E-state index contributed by atoms with van der Waals surface area (Å²) >= 11 is 0. The minimum absolute atomic E-state index is 0.00252. The number of carboxylic acid groups (broad SMARTS) is 1. The molecule has 2 N–H and O–H groups in total. The van der Waals surface area contributed by atoms with Gasteiger partial charge in [0.05, 0.1) is 6.61 Å². The predicted octanol–water partition coefficient (Wildman–Crippen LogP) is 4.83. The van der Waals surface area contributed by atoms with Crippen molar-refractivity contribution < 1.29 is 24.5 Å². The number of hydrogen-bond donors (Lipinski definition) is 2. The van der Waals surface area contributed by atoms with E-state index in [0.29, 0.717) is 5.75 Å². The first kappa shape index (κ1) is 21.4. The van der Waals surface area contributed by atoms with Crippen LogP contribution in [0.25, 0.3) is 0 Å². The lowest BCUT2D eigenvalue weighted by Crippen LogP contribution is -2.27. The SMILES string of the molecule is CC(CO)(CCc1cccc(Oc2ccccc2)c1)c1ccc(OCC(=O)O)cc1. The molecule has 0 spiro atoms. The predicted molar refractivity (Wildman–Crippen MR) is 115 cm³/mol. The fraction of sp³-hybridized carbons (Fsp3) is 0.240. The summed E-state index contributed by atoms with van der Waals surface area (Å²) < 4.78 is 11.1. The molecule has 156 valence electrons. The number of aliphatic hydroxyl groups is 1. The molecule has 0 saturated carbocycles. The van der Waals surface area contributed by atoms with Crippen LogP contribution >= 0.6 is 0 Å². The zero-order valence-electron chi connectivity index (χ0n) is 17.0. The van der Waals surface area contributed by atoms with E-state index >= 15 is 0 Å². The number of aliphatic hydroxyl groups excluding tert-OH is 1. The first-order valence-electron chi connectivity index (χ1n) is 9.86. The van der Waals surface area contributed by atoms with Gasteiger partial charge in [-0.1, -0.05) is 49.4 Å². The molecule has 0 amide bonds. The van der Waals surface area contributed by atoms with Gasteiger partial charge in [-0.3, -0.25) is 0 Å². The Hall–Kier alpha value is -3.31. The van der Waals surface area contributed by atoms with Gasteiger partial charge < -0.3 is 19.7 Å². The van der Waals surface area contributed by atoms with Crippen LogP contribution in [0.1, 0.15) is 24.5 Å². The Balaban J connectivity index is 1.65. The second-order valence-corrected chi connectivity index (χ2v) is 7.49. The highest BCUT2D eigenvalue weighted by Gasteiger charge is 2.25. The number of para-hydroxylation sites is 1. The van der Waals surface area contributed by atoms with Gasteiger partial charge in [0.15, 0.2) is 6.61 Å². The molecule has 0 radical (unpaired) electrons. The number of carboxylic acids is 1. The third kappa shape index (κ3) is 5.84. The number of carbonyl (C=O) groups is 1. The van der Waals surface area contributed by atoms with Gasteiger partial charge in [0, 0.05) is 5.41 Å². The second-order valence-electron chi connectivity index (χ2n) is 7.49. The summed E-state index contributed by atoms with van der Waals surface area (Å²) in [6, 6.07) is 24.9. The van der Waals surface area contributed by atoms with Crippen LogP contribution in [0.2, 0.25) is 0 Å². The van der Waals surface area contributed by atoms with Crippen LogP contribution in [-0.2, 0) is 16.6 Å². The topological polar surface area (TPSA) is 76.0 Å². The summed E-state index contributed by atoms with van der Waals surface area (Å²) in [5, 5.41) is 18.8. The Kier molecular flexibility index (Phi) is 7.09. The van der Waals surface area contributed by atoms with Crippen molar-refractivity contribution in [1.82, 2.24) is 0 Å². The molecule has 0 aliphatic rings. The van der Waals surface area contributed by atoms with Crippen molar-refractivity contribution in [1.29, 1.82) is 0 Å². The number of ether oxygens (including phenoxy) is 2. The lowest BCUT2D eigenvalue weighted by Gasteiger charge is -2.28. The molecule has 0 fully saturated rings. The van der Waals surface area contributed by atoms with E-state index in [1.807, 2.05) is 67.6 Å². The normalized spacial score (nSPS) is 12.7. The molecule has 0 aliphatic carbocycles. The Morgan fingerprint density at radius 3 is 2.27 bits per heavy atom. The molecule has 5 nitrogen and oxygen atoms in total. The average Bonchev–Trinajstić information content (AvgIpc) is 2.77. The molecule has 0 heterocycles. The van der Waals surface area contributed by atoms with E-state index in [4.69, 9.17) is 14.6 Å². The minimum atomic E-state index is -1.02. The van der Waals surface area contributed by atoms with Gasteiger partial charge in [0.25, 0.3) is 0 Å². The third-order valence-corrected chi connectivity index (χ3v) is 5.11. The van der Waals surface area contributed by atoms with Crippen LogP contribution in [-0.4, -0.2) is 29.4 Å². The molecule has 1 unspecified atom stereocenters. The summed E-state index contributed by atoms with van der Waals surface area (Å²) in [4.78, 5) is 10.6. The summed E-state index contributed by atoms with van der Waals surface area (Å²) in [7, 11) is 0. The van der Waals surface area contributed by atoms with Gasteiger partial charge in [-0.2, -0.15) is 0 Å². The van der Waals surface area contributed by atoms with E-state index in [1.54, 1.807) is 12.1 Å². The second kappa shape index (κ2) is 9.94. The zero-order valence-corrected chi connectivity index (χ0v) is 17.0. The zero-order chi connectivity index (χ0) is 21.4. The van der Waals surface area contributed by atoms with Crippen LogP contribution in [0.4, 0.5) is 0 Å². The lowest BCUT2D eigenvalue weighted by atomic mass is 9.78. The third-order valence-electron chi connectivity index (χ3n) is 5.11. The largest absolute Gasteiger partial charge is 0.482 e. The summed E-state index contributed by atoms with van der Waals surface area (Å²) in [6.45, 7) is 1.64. The molecule has 1 atom stereocenters. The van der Waals surface area contributed by atoms with Crippen LogP contribution in [0.15, 0.2) is 78.9 Å². The van der Waals surface area contributed by atoms with Crippen molar-refractivity contribution in [2.75, 3.05) is 13.2 Å². The van der Waals surface area contributed by atoms with E-state index in [2.05, 4.69) is 6.07 Å². The van der Waals surface area contributed by atoms with Crippen LogP contribution < -0.4 is 9.47 Å². The Labute approximate surface area is 176 Å². The molecular formula is C25H26O5. The number of aryl methyl sites for hydroxylation is 1. The van der Waals surface area contributed by atoms with Crippen molar-refractivity contribution in [3.05, 3.63) is 90.0 Å². The first-order valence-corrected chi connectivity index (χ1v) is 9.86. The molecule has 3 rings (SSSR count). The summed E-state index contributed by atoms with van der Waals surface area (Å²) in [5.41, 5.74) is 1.68. The van der Waals surface area contributed by atoms with Crippen LogP contribution in [0, 0.1) is 0 Å². The Bertz CT molecular complexity index is 953. The molecule has 3 aromatic carbocycles. The average molecular weight is 406 g/mol. The molecule has 3 aromatic rings. The van der Waals surface area contributed by atoms with Crippen LogP contribution in [0.5, 0.6) is 17.2 Å². The number of benzene rings is 3. The molecule has 0 aromatic heterocycles. The fourth-order valence-electron chi connectivity index (χ4n) is 3.22. The fourth-order valence-corrected chi connectivity index (χ4v) is 3.22. The van der Waals surface area contributed by atoms with Crippen LogP contribution in [0.3, 0.4) is 0 Å². The van der Waals surface area contributed by atoms with E-state index in [0.717, 1.165) is 35.5 Å². The van der Waals surface area contributed by atoms with E-state index in [9.17, 15) is 9.90 Å². The van der Waals surface area contributed by atoms with Crippen molar-refractivity contribution in [3.63, 3.8) is 0 Å². The van der Waals surface area contributed by atoms with Crippen molar-refractivity contribution in [3.8, 4) is 17.2 Å². The quantitative estimate of drug-likeness (QED) is 0.505. The molecule has 0 saturated heterocycles. The van der Waals surface area contributed by atoms with E-state index in [1.165, 1.54) is 0 Å². The maximum absolute atomic E-state index is 10.6. The Morgan fingerprint density at radius 2 is 1.60 bits per heavy atom. The highest BCUT2D eigenvalue weighted by molar-refractivity contribution is 5.68. The highest BCUT2D eigenvalue weighted by atomic mass is 16.5. The number of rotatable bonds is 10. The van der Waals surface area contributed by atoms with Gasteiger partial charge in [-0.05, 0) is 60.4 Å². The molecular weight excluding hydrogens is 380 g/mol.